The maximum absolute atomic E-state index is 13.8. The number of benzene rings is 4. The zero-order valence-corrected chi connectivity index (χ0v) is 32.6. The van der Waals surface area contributed by atoms with Gasteiger partial charge in [0.15, 0.2) is 0 Å². The molecule has 4 aromatic rings. The zero-order valence-electron chi connectivity index (χ0n) is 32.6. The lowest BCUT2D eigenvalue weighted by molar-refractivity contribution is -0.138. The third-order valence-corrected chi connectivity index (χ3v) is 13.7. The fourth-order valence-electron chi connectivity index (χ4n) is 10.6. The van der Waals surface area contributed by atoms with E-state index in [4.69, 9.17) is 4.74 Å². The first-order valence-corrected chi connectivity index (χ1v) is 20.9. The SMILES string of the molecule is O=C1CCC(N2Cc3cc4c(cc3C2=O)CN(C(=O)C2CCN(C3CCN(c5ccc([C@@H]6c7ccc(O)cc7OC[C@@H]6c6ccccc6)cc5)CC3)CC2)C4)C(=O)N1. The van der Waals surface area contributed by atoms with Crippen LogP contribution in [0.1, 0.15) is 94.1 Å². The van der Waals surface area contributed by atoms with Crippen LogP contribution in [0.15, 0.2) is 84.9 Å². The summed E-state index contributed by atoms with van der Waals surface area (Å²) in [6, 6.07) is 29.0. The lowest BCUT2D eigenvalue weighted by Crippen LogP contribution is -2.52. The number of nitrogens with one attached hydrogen (secondary N) is 1. The molecule has 0 bridgehead atoms. The number of imide groups is 1. The molecule has 2 N–H and O–H groups in total. The van der Waals surface area contributed by atoms with Gasteiger partial charge in [-0.25, -0.2) is 0 Å². The molecule has 6 heterocycles. The number of phenols is 1. The van der Waals surface area contributed by atoms with Gasteiger partial charge in [0, 0.05) is 85.8 Å². The number of likely N-dealkylation sites (tertiary alicyclic amines) is 1. The Morgan fingerprint density at radius 1 is 0.741 bits per heavy atom. The third-order valence-electron chi connectivity index (χ3n) is 13.7. The van der Waals surface area contributed by atoms with E-state index >= 15 is 0 Å². The maximum atomic E-state index is 13.8. The number of piperidine rings is 3. The maximum Gasteiger partial charge on any atom is 0.255 e. The Kier molecular flexibility index (Phi) is 9.43. The molecule has 1 unspecified atom stereocenters. The summed E-state index contributed by atoms with van der Waals surface area (Å²) < 4.78 is 6.18. The summed E-state index contributed by atoms with van der Waals surface area (Å²) in [4.78, 5) is 60.0. The molecule has 3 saturated heterocycles. The summed E-state index contributed by atoms with van der Waals surface area (Å²) in [5, 5.41) is 12.5. The highest BCUT2D eigenvalue weighted by atomic mass is 16.5. The monoisotopic (exact) mass is 779 g/mol. The van der Waals surface area contributed by atoms with E-state index in [0.29, 0.717) is 44.3 Å². The van der Waals surface area contributed by atoms with Crippen LogP contribution in [0.3, 0.4) is 0 Å². The molecule has 0 radical (unpaired) electrons. The summed E-state index contributed by atoms with van der Waals surface area (Å²) in [5.74, 6) is 0.606. The highest BCUT2D eigenvalue weighted by Crippen LogP contribution is 2.47. The van der Waals surface area contributed by atoms with Gasteiger partial charge in [-0.15, -0.1) is 0 Å². The number of ether oxygens (including phenoxy) is 1. The molecule has 6 aliphatic rings. The van der Waals surface area contributed by atoms with Crippen molar-refractivity contribution < 1.29 is 29.0 Å². The third kappa shape index (κ3) is 6.68. The van der Waals surface area contributed by atoms with Crippen LogP contribution >= 0.6 is 0 Å². The van der Waals surface area contributed by atoms with Crippen molar-refractivity contribution in [3.8, 4) is 11.5 Å². The van der Waals surface area contributed by atoms with Crippen LogP contribution < -0.4 is 15.0 Å². The van der Waals surface area contributed by atoms with Crippen LogP contribution in [-0.4, -0.2) is 88.3 Å². The average Bonchev–Trinajstić information content (AvgIpc) is 3.82. The molecule has 0 aliphatic carbocycles. The van der Waals surface area contributed by atoms with Gasteiger partial charge in [0.2, 0.25) is 17.7 Å². The van der Waals surface area contributed by atoms with Gasteiger partial charge in [-0.1, -0.05) is 54.6 Å². The quantitative estimate of drug-likeness (QED) is 0.240. The number of anilines is 1. The van der Waals surface area contributed by atoms with Crippen LogP contribution in [0.2, 0.25) is 0 Å². The normalized spacial score (nSPS) is 24.0. The first kappa shape index (κ1) is 36.6. The molecule has 3 atom stereocenters. The van der Waals surface area contributed by atoms with E-state index < -0.39 is 11.9 Å². The minimum Gasteiger partial charge on any atom is -0.508 e. The first-order chi connectivity index (χ1) is 28.3. The van der Waals surface area contributed by atoms with Gasteiger partial charge < -0.3 is 29.4 Å². The van der Waals surface area contributed by atoms with Crippen molar-refractivity contribution in [3.05, 3.63) is 124 Å². The van der Waals surface area contributed by atoms with Crippen LogP contribution in [-0.2, 0) is 34.0 Å². The van der Waals surface area contributed by atoms with Crippen molar-refractivity contribution in [2.75, 3.05) is 37.7 Å². The number of carbonyl (C=O) groups excluding carboxylic acids is 4. The van der Waals surface area contributed by atoms with E-state index in [2.05, 4.69) is 63.6 Å². The second-order valence-corrected chi connectivity index (χ2v) is 17.0. The van der Waals surface area contributed by atoms with Gasteiger partial charge in [-0.05, 0) is 97.3 Å². The molecule has 0 spiro atoms. The number of rotatable bonds is 6. The fourth-order valence-corrected chi connectivity index (χ4v) is 10.6. The standard InChI is InChI=1S/C47H49N5O6/c53-37-10-11-38-42(24-37)58-28-40(29-4-2-1-3-5-29)44(38)30-6-8-35(9-7-30)50-20-16-36(17-21-50)49-18-14-31(15-19-49)46(56)51-25-32-22-34-27-52(41-12-13-43(54)48-45(41)55)47(57)39(34)23-33(32)26-51/h1-11,22-24,31,36,40-41,44,53H,12-21,25-28H2,(H,48,54,55)/t40-,41?,44-/m1/s1. The molecule has 0 saturated carbocycles. The van der Waals surface area contributed by atoms with Crippen molar-refractivity contribution in [1.29, 1.82) is 0 Å². The predicted octanol–water partition coefficient (Wildman–Crippen LogP) is 5.68. The van der Waals surface area contributed by atoms with E-state index in [1.165, 1.54) is 16.8 Å². The highest BCUT2D eigenvalue weighted by molar-refractivity contribution is 6.05. The van der Waals surface area contributed by atoms with Gasteiger partial charge >= 0.3 is 0 Å². The van der Waals surface area contributed by atoms with Gasteiger partial charge in [-0.2, -0.15) is 0 Å². The Morgan fingerprint density at radius 2 is 1.48 bits per heavy atom. The topological polar surface area (TPSA) is 123 Å². The summed E-state index contributed by atoms with van der Waals surface area (Å²) in [6.07, 6.45) is 4.50. The Labute approximate surface area is 338 Å². The number of hydrogen-bond donors (Lipinski definition) is 2. The molecule has 298 valence electrons. The van der Waals surface area contributed by atoms with Crippen LogP contribution in [0.25, 0.3) is 0 Å². The molecular formula is C47H49N5O6. The minimum absolute atomic E-state index is 0.00975. The molecule has 3 fully saturated rings. The predicted molar refractivity (Wildman–Crippen MR) is 217 cm³/mol. The average molecular weight is 780 g/mol. The number of carbonyl (C=O) groups is 4. The lowest BCUT2D eigenvalue weighted by Gasteiger charge is -2.42. The van der Waals surface area contributed by atoms with Crippen LogP contribution in [0.4, 0.5) is 5.69 Å². The van der Waals surface area contributed by atoms with E-state index in [1.807, 2.05) is 29.2 Å². The van der Waals surface area contributed by atoms with E-state index in [0.717, 1.165) is 79.9 Å². The molecular weight excluding hydrogens is 731 g/mol. The Hall–Kier alpha value is -5.68. The number of phenolic OH excluding ortho intramolecular Hbond substituents is 1. The van der Waals surface area contributed by atoms with E-state index in [-0.39, 0.29) is 47.6 Å². The van der Waals surface area contributed by atoms with E-state index in [9.17, 15) is 24.3 Å². The highest BCUT2D eigenvalue weighted by Gasteiger charge is 2.41. The second-order valence-electron chi connectivity index (χ2n) is 17.0. The van der Waals surface area contributed by atoms with Crippen molar-refractivity contribution in [1.82, 2.24) is 20.0 Å². The molecule has 10 rings (SSSR count). The summed E-state index contributed by atoms with van der Waals surface area (Å²) in [5.41, 5.74) is 8.42. The zero-order chi connectivity index (χ0) is 39.5. The van der Waals surface area contributed by atoms with Crippen molar-refractivity contribution in [2.45, 2.75) is 82.1 Å². The smallest absolute Gasteiger partial charge is 0.255 e. The molecule has 4 aromatic carbocycles. The van der Waals surface area contributed by atoms with Crippen LogP contribution in [0.5, 0.6) is 11.5 Å². The largest absolute Gasteiger partial charge is 0.508 e. The van der Waals surface area contributed by atoms with Crippen molar-refractivity contribution >= 4 is 29.3 Å². The molecule has 11 heteroatoms. The van der Waals surface area contributed by atoms with Gasteiger partial charge in [-0.3, -0.25) is 24.5 Å². The Morgan fingerprint density at radius 3 is 2.22 bits per heavy atom. The number of hydrogen-bond acceptors (Lipinski definition) is 8. The second kappa shape index (κ2) is 14.9. The molecule has 4 amide bonds. The molecule has 6 aliphatic heterocycles. The Balaban J connectivity index is 0.724. The van der Waals surface area contributed by atoms with Crippen molar-refractivity contribution in [3.63, 3.8) is 0 Å². The summed E-state index contributed by atoms with van der Waals surface area (Å²) in [7, 11) is 0. The number of aromatic hydroxyl groups is 1. The first-order valence-electron chi connectivity index (χ1n) is 20.9. The lowest BCUT2D eigenvalue weighted by atomic mass is 9.76. The van der Waals surface area contributed by atoms with Gasteiger partial charge in [0.05, 0.1) is 6.61 Å². The summed E-state index contributed by atoms with van der Waals surface area (Å²) in [6.45, 7) is 5.82. The summed E-state index contributed by atoms with van der Waals surface area (Å²) >= 11 is 0. The van der Waals surface area contributed by atoms with Crippen LogP contribution in [0, 0.1) is 5.92 Å². The molecule has 0 aromatic heterocycles. The van der Waals surface area contributed by atoms with Gasteiger partial charge in [0.1, 0.15) is 17.5 Å². The Bertz CT molecular complexity index is 2260. The number of fused-ring (bicyclic) bond motifs is 3. The number of amides is 4. The van der Waals surface area contributed by atoms with E-state index in [1.54, 1.807) is 17.0 Å². The molecule has 11 nitrogen and oxygen atoms in total. The van der Waals surface area contributed by atoms with Gasteiger partial charge in [0.25, 0.3) is 5.91 Å². The fraction of sp³-hybridized carbons (Fsp3) is 0.404. The molecule has 58 heavy (non-hydrogen) atoms. The minimum atomic E-state index is -0.629. The van der Waals surface area contributed by atoms with Crippen molar-refractivity contribution in [2.24, 2.45) is 5.92 Å². The number of nitrogens with zero attached hydrogens (tertiary/aromatic N) is 4.